The predicted molar refractivity (Wildman–Crippen MR) is 130 cm³/mol. The summed E-state index contributed by atoms with van der Waals surface area (Å²) in [5, 5.41) is 5.75. The normalized spacial score (nSPS) is 9.45. The average molecular weight is 462 g/mol. The predicted octanol–water partition coefficient (Wildman–Crippen LogP) is 3.60. The maximum Gasteiger partial charge on any atom is 0.410 e. The molecule has 0 radical (unpaired) electrons. The van der Waals surface area contributed by atoms with Crippen LogP contribution in [0, 0.1) is 30.8 Å². The second-order valence-corrected chi connectivity index (χ2v) is 7.42. The van der Waals surface area contributed by atoms with E-state index in [1.54, 1.807) is 20.8 Å². The van der Waals surface area contributed by atoms with Crippen molar-refractivity contribution in [2.24, 2.45) is 0 Å². The van der Waals surface area contributed by atoms with Crippen LogP contribution < -0.4 is 10.6 Å². The summed E-state index contributed by atoms with van der Waals surface area (Å²) in [4.78, 5) is 32.2. The molecule has 8 nitrogen and oxygen atoms in total. The third-order valence-corrected chi connectivity index (χ3v) is 3.41. The van der Waals surface area contributed by atoms with Crippen LogP contribution in [0.5, 0.6) is 0 Å². The Morgan fingerprint density at radius 2 is 1.91 bits per heavy atom. The summed E-state index contributed by atoms with van der Waals surface area (Å²) in [5.41, 5.74) is -0.0787. The minimum Gasteiger partial charge on any atom is -0.444 e. The van der Waals surface area contributed by atoms with E-state index in [4.69, 9.17) is 4.74 Å². The lowest BCUT2D eigenvalue weighted by atomic mass is 10.2. The molecule has 1 rings (SSSR count). The molecule has 2 amide bonds. The first-order chi connectivity index (χ1) is 15.6. The molecule has 0 atom stereocenters. The summed E-state index contributed by atoms with van der Waals surface area (Å²) in [5.74, 6) is 5.99. The average Bonchev–Trinajstić information content (AvgIpc) is 2.77. The van der Waals surface area contributed by atoms with Crippen molar-refractivity contribution in [2.45, 2.75) is 52.6 Å². The van der Waals surface area contributed by atoms with E-state index in [1.807, 2.05) is 6.92 Å². The Bertz CT molecular complexity index is 810. The fourth-order valence-electron chi connectivity index (χ4n) is 2.07. The molecule has 0 saturated carbocycles. The molecule has 1 aromatic rings. The van der Waals surface area contributed by atoms with Gasteiger partial charge in [-0.1, -0.05) is 18.8 Å². The minimum absolute atomic E-state index is 0.0834. The molecule has 1 aromatic heterocycles. The van der Waals surface area contributed by atoms with Crippen molar-refractivity contribution in [1.82, 2.24) is 20.2 Å². The minimum atomic E-state index is -0.798. The van der Waals surface area contributed by atoms with Gasteiger partial charge < -0.3 is 20.3 Å². The van der Waals surface area contributed by atoms with Gasteiger partial charge in [0.25, 0.3) is 0 Å². The highest BCUT2D eigenvalue weighted by Crippen LogP contribution is 2.10. The number of unbranched alkanes of at least 4 members (excludes halogenated alkanes) is 1. The molecule has 0 aliphatic heterocycles. The van der Waals surface area contributed by atoms with Gasteiger partial charge in [0.2, 0.25) is 5.91 Å². The number of hydrogen-bond donors (Lipinski definition) is 2. The smallest absolute Gasteiger partial charge is 0.410 e. The Hall–Kier alpha value is -3.59. The molecule has 1 heterocycles. The van der Waals surface area contributed by atoms with Crippen LogP contribution in [0.3, 0.4) is 0 Å². The van der Waals surface area contributed by atoms with Gasteiger partial charge in [0, 0.05) is 26.6 Å². The number of carbonyl (C=O) groups is 2. The molecule has 33 heavy (non-hydrogen) atoms. The molecule has 2 N–H and O–H groups in total. The van der Waals surface area contributed by atoms with Crippen LogP contribution in [-0.2, 0) is 9.53 Å². The number of halogens is 1. The number of terminal acetylenes is 1. The zero-order valence-corrected chi connectivity index (χ0v) is 20.3. The van der Waals surface area contributed by atoms with Crippen LogP contribution in [0.1, 0.15) is 52.5 Å². The Balaban J connectivity index is 0. The molecular weight excluding hydrogens is 425 g/mol. The number of likely N-dealkylation sites (N-methyl/N-ethyl adjacent to an activating group) is 1. The number of amides is 2. The summed E-state index contributed by atoms with van der Waals surface area (Å²) >= 11 is 0. The quantitative estimate of drug-likeness (QED) is 0.266. The van der Waals surface area contributed by atoms with Crippen molar-refractivity contribution in [3.63, 3.8) is 0 Å². The first kappa shape index (κ1) is 31.6. The standard InChI is InChI=1S/C20H30FN5O3.C2H4.C2H2/c1-6-11-23-17-15(13-24-18(21)25-17)10-8-7-9-12-22-16(27)14-26(5)19(28)29-20(2,3)4;2*1-2/h13H,6-7,9,11-12,14H2,1-5H3,(H,22,27)(H,23,24,25);1-2H2;1-2H. The molecule has 0 aliphatic rings. The van der Waals surface area contributed by atoms with Crippen LogP contribution in [0.15, 0.2) is 19.4 Å². The van der Waals surface area contributed by atoms with Gasteiger partial charge in [-0.3, -0.25) is 4.79 Å². The van der Waals surface area contributed by atoms with E-state index in [0.29, 0.717) is 37.3 Å². The maximum atomic E-state index is 13.2. The molecule has 9 heteroatoms. The zero-order chi connectivity index (χ0) is 25.9. The van der Waals surface area contributed by atoms with Gasteiger partial charge in [0.1, 0.15) is 18.0 Å². The molecular formula is C24H36FN5O3. The van der Waals surface area contributed by atoms with Gasteiger partial charge in [-0.25, -0.2) is 9.78 Å². The molecule has 0 bridgehead atoms. The Morgan fingerprint density at radius 3 is 2.48 bits per heavy atom. The Labute approximate surface area is 197 Å². The van der Waals surface area contributed by atoms with E-state index >= 15 is 0 Å². The second kappa shape index (κ2) is 18.0. The molecule has 0 spiro atoms. The lowest BCUT2D eigenvalue weighted by Crippen LogP contribution is -2.41. The fourth-order valence-corrected chi connectivity index (χ4v) is 2.07. The summed E-state index contributed by atoms with van der Waals surface area (Å²) in [6.07, 6.45) is 10.0. The highest BCUT2D eigenvalue weighted by Gasteiger charge is 2.20. The van der Waals surface area contributed by atoms with E-state index in [9.17, 15) is 14.0 Å². The first-order valence-corrected chi connectivity index (χ1v) is 10.4. The lowest BCUT2D eigenvalue weighted by molar-refractivity contribution is -0.122. The van der Waals surface area contributed by atoms with Crippen molar-refractivity contribution in [2.75, 3.05) is 32.0 Å². The van der Waals surface area contributed by atoms with Crippen LogP contribution >= 0.6 is 0 Å². The number of anilines is 1. The molecule has 182 valence electrons. The number of aromatic nitrogens is 2. The van der Waals surface area contributed by atoms with Crippen LogP contribution in [0.2, 0.25) is 0 Å². The van der Waals surface area contributed by atoms with Crippen LogP contribution in [-0.4, -0.2) is 59.2 Å². The van der Waals surface area contributed by atoms with E-state index in [0.717, 1.165) is 6.42 Å². The number of nitrogens with zero attached hydrogens (tertiary/aromatic N) is 3. The van der Waals surface area contributed by atoms with E-state index < -0.39 is 17.8 Å². The lowest BCUT2D eigenvalue weighted by Gasteiger charge is -2.24. The van der Waals surface area contributed by atoms with Crippen molar-refractivity contribution in [3.05, 3.63) is 31.0 Å². The number of ether oxygens (including phenoxy) is 1. The van der Waals surface area contributed by atoms with Crippen molar-refractivity contribution >= 4 is 17.8 Å². The summed E-state index contributed by atoms with van der Waals surface area (Å²) in [6, 6.07) is 0. The van der Waals surface area contributed by atoms with E-state index in [-0.39, 0.29) is 12.5 Å². The molecule has 0 unspecified atom stereocenters. The van der Waals surface area contributed by atoms with Crippen LogP contribution in [0.25, 0.3) is 0 Å². The van der Waals surface area contributed by atoms with Gasteiger partial charge in [-0.2, -0.15) is 9.37 Å². The zero-order valence-electron chi connectivity index (χ0n) is 20.3. The third-order valence-electron chi connectivity index (χ3n) is 3.41. The highest BCUT2D eigenvalue weighted by molar-refractivity contribution is 5.82. The monoisotopic (exact) mass is 461 g/mol. The number of hydrogen-bond acceptors (Lipinski definition) is 6. The molecule has 0 saturated heterocycles. The van der Waals surface area contributed by atoms with Gasteiger partial charge in [0.15, 0.2) is 0 Å². The largest absolute Gasteiger partial charge is 0.444 e. The summed E-state index contributed by atoms with van der Waals surface area (Å²) in [7, 11) is 1.51. The van der Waals surface area contributed by atoms with Crippen molar-refractivity contribution in [1.29, 1.82) is 0 Å². The Kier molecular flexibility index (Phi) is 17.3. The highest BCUT2D eigenvalue weighted by atomic mass is 19.1. The number of nitrogens with one attached hydrogen (secondary N) is 2. The Morgan fingerprint density at radius 1 is 1.27 bits per heavy atom. The second-order valence-electron chi connectivity index (χ2n) is 7.42. The summed E-state index contributed by atoms with van der Waals surface area (Å²) < 4.78 is 18.4. The maximum absolute atomic E-state index is 13.2. The van der Waals surface area contributed by atoms with Gasteiger partial charge in [-0.15, -0.1) is 26.0 Å². The van der Waals surface area contributed by atoms with Crippen LogP contribution in [0.4, 0.5) is 15.0 Å². The van der Waals surface area contributed by atoms with E-state index in [2.05, 4.69) is 58.4 Å². The number of carbonyl (C=O) groups excluding carboxylic acids is 2. The van der Waals surface area contributed by atoms with Gasteiger partial charge in [-0.05, 0) is 33.6 Å². The molecule has 0 fully saturated rings. The molecule has 0 aliphatic carbocycles. The summed E-state index contributed by atoms with van der Waals surface area (Å²) in [6.45, 7) is 14.3. The third kappa shape index (κ3) is 15.8. The van der Waals surface area contributed by atoms with Gasteiger partial charge >= 0.3 is 12.2 Å². The first-order valence-electron chi connectivity index (χ1n) is 10.4. The fraction of sp³-hybridized carbons (Fsp3) is 0.500. The molecule has 0 aromatic carbocycles. The number of rotatable bonds is 8. The van der Waals surface area contributed by atoms with Crippen molar-refractivity contribution in [3.8, 4) is 24.7 Å². The van der Waals surface area contributed by atoms with E-state index in [1.165, 1.54) is 18.1 Å². The SMILES string of the molecule is C#C.C=C.CCCNc1nc(F)ncc1C#CCCCNC(=O)CN(C)C(=O)OC(C)(C)C. The van der Waals surface area contributed by atoms with Crippen molar-refractivity contribution < 1.29 is 18.7 Å². The topological polar surface area (TPSA) is 96.5 Å². The van der Waals surface area contributed by atoms with Gasteiger partial charge in [0.05, 0.1) is 11.8 Å².